The summed E-state index contributed by atoms with van der Waals surface area (Å²) >= 11 is 0. The van der Waals surface area contributed by atoms with E-state index in [2.05, 4.69) is 11.4 Å². The summed E-state index contributed by atoms with van der Waals surface area (Å²) in [5.41, 5.74) is 1.84. The number of benzene rings is 2. The van der Waals surface area contributed by atoms with Crippen LogP contribution in [0.4, 0.5) is 4.39 Å². The van der Waals surface area contributed by atoms with Crippen LogP contribution in [0, 0.1) is 5.82 Å². The van der Waals surface area contributed by atoms with Crippen LogP contribution >= 0.6 is 0 Å². The quantitative estimate of drug-likeness (QED) is 0.717. The summed E-state index contributed by atoms with van der Waals surface area (Å²) in [6.07, 6.45) is 7.48. The van der Waals surface area contributed by atoms with Crippen molar-refractivity contribution in [3.8, 4) is 11.5 Å². The molecule has 0 unspecified atom stereocenters. The van der Waals surface area contributed by atoms with Crippen LogP contribution in [0.2, 0.25) is 0 Å². The van der Waals surface area contributed by atoms with E-state index in [0.29, 0.717) is 18.0 Å². The molecular weight excluding hydrogens is 357 g/mol. The number of carbonyl (C=O) groups excluding carboxylic acids is 1. The normalized spacial score (nSPS) is 15.5. The van der Waals surface area contributed by atoms with Gasteiger partial charge in [0.05, 0.1) is 14.2 Å². The highest BCUT2D eigenvalue weighted by Crippen LogP contribution is 2.43. The standard InChI is InChI=1S/C23H26FNO3/c1-27-20-11-8-18(15-21(20)28-2)23(13-3-4-14-23)16-25-22(26)12-7-17-5-9-19(24)10-6-17/h5-12,15H,3-4,13-14,16H2,1-2H3,(H,25,26). The lowest BCUT2D eigenvalue weighted by atomic mass is 9.78. The maximum absolute atomic E-state index is 13.0. The number of methoxy groups -OCH3 is 2. The monoisotopic (exact) mass is 383 g/mol. The van der Waals surface area contributed by atoms with Crippen LogP contribution in [0.5, 0.6) is 11.5 Å². The first-order valence-corrected chi connectivity index (χ1v) is 9.50. The smallest absolute Gasteiger partial charge is 0.244 e. The Morgan fingerprint density at radius 3 is 2.39 bits per heavy atom. The molecule has 1 aliphatic carbocycles. The van der Waals surface area contributed by atoms with Crippen molar-refractivity contribution in [2.45, 2.75) is 31.1 Å². The molecule has 0 spiro atoms. The summed E-state index contributed by atoms with van der Waals surface area (Å²) in [6.45, 7) is 0.565. The first kappa shape index (κ1) is 19.9. The molecule has 1 aliphatic rings. The summed E-state index contributed by atoms with van der Waals surface area (Å²) in [5, 5.41) is 3.04. The van der Waals surface area contributed by atoms with Gasteiger partial charge in [-0.05, 0) is 54.3 Å². The van der Waals surface area contributed by atoms with Gasteiger partial charge in [0.15, 0.2) is 11.5 Å². The van der Waals surface area contributed by atoms with E-state index >= 15 is 0 Å². The Morgan fingerprint density at radius 1 is 1.07 bits per heavy atom. The lowest BCUT2D eigenvalue weighted by Crippen LogP contribution is -2.38. The van der Waals surface area contributed by atoms with Crippen molar-refractivity contribution in [1.29, 1.82) is 0 Å². The predicted octanol–water partition coefficient (Wildman–Crippen LogP) is 4.48. The second kappa shape index (κ2) is 8.91. The summed E-state index contributed by atoms with van der Waals surface area (Å²) in [6, 6.07) is 12.0. The SMILES string of the molecule is COc1ccc(C2(CNC(=O)C=Cc3ccc(F)cc3)CCCC2)cc1OC. The molecular formula is C23H26FNO3. The third-order valence-corrected chi connectivity index (χ3v) is 5.45. The number of hydrogen-bond donors (Lipinski definition) is 1. The molecule has 1 saturated carbocycles. The number of halogens is 1. The predicted molar refractivity (Wildman–Crippen MR) is 108 cm³/mol. The molecule has 0 saturated heterocycles. The molecule has 3 rings (SSSR count). The average molecular weight is 383 g/mol. The fraction of sp³-hybridized carbons (Fsp3) is 0.348. The van der Waals surface area contributed by atoms with E-state index in [1.54, 1.807) is 32.4 Å². The van der Waals surface area contributed by atoms with Crippen LogP contribution < -0.4 is 14.8 Å². The van der Waals surface area contributed by atoms with E-state index in [0.717, 1.165) is 36.8 Å². The van der Waals surface area contributed by atoms with Crippen LogP contribution in [-0.2, 0) is 10.2 Å². The molecule has 2 aromatic rings. The van der Waals surface area contributed by atoms with E-state index in [9.17, 15) is 9.18 Å². The van der Waals surface area contributed by atoms with Crippen molar-refractivity contribution in [3.05, 3.63) is 65.5 Å². The molecule has 28 heavy (non-hydrogen) atoms. The van der Waals surface area contributed by atoms with Gasteiger partial charge in [-0.1, -0.05) is 31.0 Å². The number of ether oxygens (including phenoxy) is 2. The maximum atomic E-state index is 13.0. The molecule has 0 atom stereocenters. The zero-order chi connectivity index (χ0) is 20.0. The lowest BCUT2D eigenvalue weighted by molar-refractivity contribution is -0.116. The fourth-order valence-electron chi connectivity index (χ4n) is 3.85. The topological polar surface area (TPSA) is 47.6 Å². The van der Waals surface area contributed by atoms with E-state index in [-0.39, 0.29) is 17.1 Å². The Labute approximate surface area is 165 Å². The molecule has 5 heteroatoms. The van der Waals surface area contributed by atoms with Crippen molar-refractivity contribution in [2.24, 2.45) is 0 Å². The van der Waals surface area contributed by atoms with Gasteiger partial charge in [0.25, 0.3) is 0 Å². The van der Waals surface area contributed by atoms with Crippen molar-refractivity contribution in [2.75, 3.05) is 20.8 Å². The number of nitrogens with one attached hydrogen (secondary N) is 1. The summed E-state index contributed by atoms with van der Waals surface area (Å²) in [5.74, 6) is 0.954. The highest BCUT2D eigenvalue weighted by Gasteiger charge is 2.36. The van der Waals surface area contributed by atoms with Crippen LogP contribution in [0.25, 0.3) is 6.08 Å². The van der Waals surface area contributed by atoms with Gasteiger partial charge < -0.3 is 14.8 Å². The highest BCUT2D eigenvalue weighted by molar-refractivity contribution is 5.91. The molecule has 148 valence electrons. The minimum absolute atomic E-state index is 0.0983. The third kappa shape index (κ3) is 4.53. The molecule has 4 nitrogen and oxygen atoms in total. The third-order valence-electron chi connectivity index (χ3n) is 5.45. The molecule has 1 amide bonds. The van der Waals surface area contributed by atoms with Gasteiger partial charge >= 0.3 is 0 Å². The number of carbonyl (C=O) groups is 1. The molecule has 0 radical (unpaired) electrons. The molecule has 0 bridgehead atoms. The number of rotatable bonds is 7. The summed E-state index contributed by atoms with van der Waals surface area (Å²) in [4.78, 5) is 12.3. The molecule has 1 N–H and O–H groups in total. The van der Waals surface area contributed by atoms with Crippen LogP contribution in [0.15, 0.2) is 48.5 Å². The van der Waals surface area contributed by atoms with Crippen molar-refractivity contribution < 1.29 is 18.7 Å². The summed E-state index contributed by atoms with van der Waals surface area (Å²) in [7, 11) is 3.25. The maximum Gasteiger partial charge on any atom is 0.244 e. The highest BCUT2D eigenvalue weighted by atomic mass is 19.1. The van der Waals surface area contributed by atoms with Crippen LogP contribution in [0.1, 0.15) is 36.8 Å². The zero-order valence-corrected chi connectivity index (χ0v) is 16.3. The van der Waals surface area contributed by atoms with E-state index < -0.39 is 0 Å². The summed E-state index contributed by atoms with van der Waals surface area (Å²) < 4.78 is 23.8. The molecule has 1 fully saturated rings. The molecule has 0 aromatic heterocycles. The van der Waals surface area contributed by atoms with Crippen molar-refractivity contribution in [1.82, 2.24) is 5.32 Å². The minimum atomic E-state index is -0.292. The minimum Gasteiger partial charge on any atom is -0.493 e. The van der Waals surface area contributed by atoms with E-state index in [4.69, 9.17) is 9.47 Å². The van der Waals surface area contributed by atoms with Gasteiger partial charge in [0.2, 0.25) is 5.91 Å². The second-order valence-corrected chi connectivity index (χ2v) is 7.16. The van der Waals surface area contributed by atoms with Gasteiger partial charge in [-0.15, -0.1) is 0 Å². The van der Waals surface area contributed by atoms with E-state index in [1.807, 2.05) is 12.1 Å². The average Bonchev–Trinajstić information content (AvgIpc) is 3.21. The van der Waals surface area contributed by atoms with Gasteiger partial charge in [-0.3, -0.25) is 4.79 Å². The lowest BCUT2D eigenvalue weighted by Gasteiger charge is -2.30. The van der Waals surface area contributed by atoms with Gasteiger partial charge in [0.1, 0.15) is 5.82 Å². The Bertz CT molecular complexity index is 839. The Hall–Kier alpha value is -2.82. The van der Waals surface area contributed by atoms with Gasteiger partial charge in [-0.25, -0.2) is 4.39 Å². The van der Waals surface area contributed by atoms with Crippen molar-refractivity contribution >= 4 is 12.0 Å². The zero-order valence-electron chi connectivity index (χ0n) is 16.3. The Balaban J connectivity index is 1.70. The first-order chi connectivity index (χ1) is 13.6. The first-order valence-electron chi connectivity index (χ1n) is 9.50. The van der Waals surface area contributed by atoms with Crippen LogP contribution in [0.3, 0.4) is 0 Å². The number of amides is 1. The van der Waals surface area contributed by atoms with Crippen molar-refractivity contribution in [3.63, 3.8) is 0 Å². The largest absolute Gasteiger partial charge is 0.493 e. The Kier molecular flexibility index (Phi) is 6.34. The second-order valence-electron chi connectivity index (χ2n) is 7.16. The molecule has 0 aliphatic heterocycles. The molecule has 2 aromatic carbocycles. The number of hydrogen-bond acceptors (Lipinski definition) is 3. The molecule has 0 heterocycles. The van der Waals surface area contributed by atoms with E-state index in [1.165, 1.54) is 18.2 Å². The van der Waals surface area contributed by atoms with Crippen LogP contribution in [-0.4, -0.2) is 26.7 Å². The fourth-order valence-corrected chi connectivity index (χ4v) is 3.85. The van der Waals surface area contributed by atoms with Gasteiger partial charge in [-0.2, -0.15) is 0 Å². The van der Waals surface area contributed by atoms with Gasteiger partial charge in [0, 0.05) is 18.0 Å². The Morgan fingerprint density at radius 2 is 1.75 bits per heavy atom.